The number of hydrogen-bond acceptors (Lipinski definition) is 6. The van der Waals surface area contributed by atoms with E-state index < -0.39 is 0 Å². The molecule has 2 aliphatic heterocycles. The predicted octanol–water partition coefficient (Wildman–Crippen LogP) is 2.19. The largest absolute Gasteiger partial charge is 0.368 e. The predicted molar refractivity (Wildman–Crippen MR) is 81.2 cm³/mol. The van der Waals surface area contributed by atoms with Crippen molar-refractivity contribution in [2.75, 3.05) is 24.7 Å². The Labute approximate surface area is 127 Å². The van der Waals surface area contributed by atoms with Gasteiger partial charge in [-0.25, -0.2) is 0 Å². The number of aromatic nitrogens is 2. The molecule has 2 aromatic rings. The zero-order valence-electron chi connectivity index (χ0n) is 11.7. The zero-order valence-corrected chi connectivity index (χ0v) is 12.5. The Morgan fingerprint density at radius 3 is 3.19 bits per heavy atom. The molecule has 1 aromatic carbocycles. The molecular weight excluding hydrogens is 286 g/mol. The number of ether oxygens (including phenoxy) is 1. The SMILES string of the molecule is c1cc2c(cc1-c1nc(C3CSCCO3)no1)CNCC2. The molecule has 0 saturated carbocycles. The van der Waals surface area contributed by atoms with Crippen molar-refractivity contribution in [3.8, 4) is 11.5 Å². The van der Waals surface area contributed by atoms with Gasteiger partial charge < -0.3 is 14.6 Å². The summed E-state index contributed by atoms with van der Waals surface area (Å²) in [5, 5.41) is 7.48. The number of nitrogens with zero attached hydrogens (tertiary/aromatic N) is 2. The van der Waals surface area contributed by atoms with Gasteiger partial charge in [-0.1, -0.05) is 11.2 Å². The van der Waals surface area contributed by atoms with E-state index in [0.29, 0.717) is 11.7 Å². The van der Waals surface area contributed by atoms with Gasteiger partial charge in [-0.05, 0) is 36.2 Å². The third-order valence-electron chi connectivity index (χ3n) is 3.89. The molecule has 1 saturated heterocycles. The summed E-state index contributed by atoms with van der Waals surface area (Å²) in [6.45, 7) is 2.71. The minimum atomic E-state index is -0.0412. The minimum absolute atomic E-state index is 0.0412. The maximum atomic E-state index is 5.69. The van der Waals surface area contributed by atoms with E-state index in [9.17, 15) is 0 Å². The van der Waals surface area contributed by atoms with Crippen molar-refractivity contribution in [3.05, 3.63) is 35.2 Å². The van der Waals surface area contributed by atoms with Gasteiger partial charge in [0.25, 0.3) is 5.89 Å². The molecule has 3 heterocycles. The Bertz CT molecular complexity index is 638. The Morgan fingerprint density at radius 1 is 1.29 bits per heavy atom. The van der Waals surface area contributed by atoms with E-state index in [2.05, 4.69) is 33.7 Å². The minimum Gasteiger partial charge on any atom is -0.368 e. The van der Waals surface area contributed by atoms with Crippen molar-refractivity contribution in [2.24, 2.45) is 0 Å². The van der Waals surface area contributed by atoms with Crippen LogP contribution in [0.1, 0.15) is 23.1 Å². The number of hydrogen-bond donors (Lipinski definition) is 1. The van der Waals surface area contributed by atoms with Crippen LogP contribution in [0.15, 0.2) is 22.7 Å². The van der Waals surface area contributed by atoms with Crippen LogP contribution in [-0.4, -0.2) is 34.8 Å². The molecule has 2 aliphatic rings. The fraction of sp³-hybridized carbons (Fsp3) is 0.467. The molecular formula is C15H17N3O2S. The van der Waals surface area contributed by atoms with Crippen molar-refractivity contribution in [2.45, 2.75) is 19.1 Å². The molecule has 1 fully saturated rings. The maximum absolute atomic E-state index is 5.69. The van der Waals surface area contributed by atoms with E-state index in [4.69, 9.17) is 9.26 Å². The van der Waals surface area contributed by atoms with Crippen LogP contribution in [0.5, 0.6) is 0 Å². The lowest BCUT2D eigenvalue weighted by Crippen LogP contribution is -2.23. The lowest BCUT2D eigenvalue weighted by molar-refractivity contribution is 0.0677. The number of fused-ring (bicyclic) bond motifs is 1. The first-order valence-corrected chi connectivity index (χ1v) is 8.41. The van der Waals surface area contributed by atoms with E-state index in [1.54, 1.807) is 0 Å². The normalized spacial score (nSPS) is 22.0. The van der Waals surface area contributed by atoms with Crippen LogP contribution < -0.4 is 5.32 Å². The second kappa shape index (κ2) is 5.79. The standard InChI is InChI=1S/C15H17N3O2S/c1-2-11(7-12-8-16-4-3-10(1)12)15-17-14(18-20-15)13-9-21-6-5-19-13/h1-2,7,13,16H,3-6,8-9H2. The van der Waals surface area contributed by atoms with Crippen molar-refractivity contribution in [1.29, 1.82) is 0 Å². The molecule has 0 aliphatic carbocycles. The topological polar surface area (TPSA) is 60.2 Å². The Hall–Kier alpha value is -1.37. The molecule has 0 radical (unpaired) electrons. The van der Waals surface area contributed by atoms with Gasteiger partial charge in [0.1, 0.15) is 6.10 Å². The summed E-state index contributed by atoms with van der Waals surface area (Å²) in [5.41, 5.74) is 3.71. The molecule has 1 unspecified atom stereocenters. The fourth-order valence-corrected chi connectivity index (χ4v) is 3.57. The van der Waals surface area contributed by atoms with Crippen LogP contribution in [0.25, 0.3) is 11.5 Å². The molecule has 21 heavy (non-hydrogen) atoms. The molecule has 6 heteroatoms. The number of rotatable bonds is 2. The first kappa shape index (κ1) is 13.3. The summed E-state index contributed by atoms with van der Waals surface area (Å²) >= 11 is 1.87. The van der Waals surface area contributed by atoms with Gasteiger partial charge in [0.2, 0.25) is 5.82 Å². The van der Waals surface area contributed by atoms with Gasteiger partial charge in [0, 0.05) is 23.6 Å². The van der Waals surface area contributed by atoms with E-state index in [1.165, 1.54) is 11.1 Å². The zero-order chi connectivity index (χ0) is 14.1. The summed E-state index contributed by atoms with van der Waals surface area (Å²) in [6, 6.07) is 6.38. The average Bonchev–Trinajstić information content (AvgIpc) is 3.05. The van der Waals surface area contributed by atoms with Crippen molar-refractivity contribution in [1.82, 2.24) is 15.5 Å². The van der Waals surface area contributed by atoms with Crippen LogP contribution in [0, 0.1) is 0 Å². The third-order valence-corrected chi connectivity index (χ3v) is 4.88. The van der Waals surface area contributed by atoms with E-state index in [0.717, 1.165) is 43.2 Å². The summed E-state index contributed by atoms with van der Waals surface area (Å²) < 4.78 is 11.1. The molecule has 0 amide bonds. The van der Waals surface area contributed by atoms with Gasteiger partial charge in [-0.3, -0.25) is 0 Å². The van der Waals surface area contributed by atoms with Crippen molar-refractivity contribution < 1.29 is 9.26 Å². The van der Waals surface area contributed by atoms with Crippen molar-refractivity contribution in [3.63, 3.8) is 0 Å². The lowest BCUT2D eigenvalue weighted by Gasteiger charge is -2.18. The third kappa shape index (κ3) is 2.71. The van der Waals surface area contributed by atoms with Crippen LogP contribution in [0.3, 0.4) is 0 Å². The highest BCUT2D eigenvalue weighted by molar-refractivity contribution is 7.99. The summed E-state index contributed by atoms with van der Waals surface area (Å²) in [5.74, 6) is 3.18. The Balaban J connectivity index is 1.60. The van der Waals surface area contributed by atoms with Gasteiger partial charge >= 0.3 is 0 Å². The summed E-state index contributed by atoms with van der Waals surface area (Å²) in [6.07, 6.45) is 1.04. The van der Waals surface area contributed by atoms with Gasteiger partial charge in [-0.2, -0.15) is 16.7 Å². The second-order valence-electron chi connectivity index (χ2n) is 5.30. The van der Waals surface area contributed by atoms with Crippen LogP contribution in [0.4, 0.5) is 0 Å². The first-order chi connectivity index (χ1) is 10.4. The van der Waals surface area contributed by atoms with E-state index >= 15 is 0 Å². The van der Waals surface area contributed by atoms with Gasteiger partial charge in [-0.15, -0.1) is 0 Å². The van der Waals surface area contributed by atoms with Crippen LogP contribution in [0.2, 0.25) is 0 Å². The molecule has 1 aromatic heterocycles. The second-order valence-corrected chi connectivity index (χ2v) is 6.45. The van der Waals surface area contributed by atoms with Crippen molar-refractivity contribution >= 4 is 11.8 Å². The highest BCUT2D eigenvalue weighted by Gasteiger charge is 2.22. The van der Waals surface area contributed by atoms with Crippen LogP contribution >= 0.6 is 11.8 Å². The fourth-order valence-electron chi connectivity index (χ4n) is 2.73. The molecule has 110 valence electrons. The molecule has 1 atom stereocenters. The molecule has 1 N–H and O–H groups in total. The maximum Gasteiger partial charge on any atom is 0.258 e. The Morgan fingerprint density at radius 2 is 2.29 bits per heavy atom. The van der Waals surface area contributed by atoms with E-state index in [1.807, 2.05) is 11.8 Å². The number of thioether (sulfide) groups is 1. The number of nitrogens with one attached hydrogen (secondary N) is 1. The van der Waals surface area contributed by atoms with Gasteiger partial charge in [0.05, 0.1) is 6.61 Å². The molecule has 4 rings (SSSR count). The Kier molecular flexibility index (Phi) is 3.67. The quantitative estimate of drug-likeness (QED) is 0.917. The molecule has 0 spiro atoms. The summed E-state index contributed by atoms with van der Waals surface area (Å²) in [4.78, 5) is 4.52. The van der Waals surface area contributed by atoms with E-state index in [-0.39, 0.29) is 6.10 Å². The highest BCUT2D eigenvalue weighted by atomic mass is 32.2. The molecule has 0 bridgehead atoms. The lowest BCUT2D eigenvalue weighted by atomic mass is 9.98. The summed E-state index contributed by atoms with van der Waals surface area (Å²) in [7, 11) is 0. The average molecular weight is 303 g/mol. The highest BCUT2D eigenvalue weighted by Crippen LogP contribution is 2.28. The molecule has 5 nitrogen and oxygen atoms in total. The first-order valence-electron chi connectivity index (χ1n) is 7.26. The van der Waals surface area contributed by atoms with Gasteiger partial charge in [0.15, 0.2) is 0 Å². The smallest absolute Gasteiger partial charge is 0.258 e. The number of benzene rings is 1. The van der Waals surface area contributed by atoms with Crippen LogP contribution in [-0.2, 0) is 17.7 Å². The monoisotopic (exact) mass is 303 g/mol.